The Hall–Kier alpha value is -4.66. The first-order valence-corrected chi connectivity index (χ1v) is 10.8. The standard InChI is InChI=1S/C26H26N2O7/c29-19-6-1-16(2-7-19)13-20(26(35)27-12-11-18-4-9-22(31)24(33)15-18)28-25(34)10-5-17-3-8-21(30)23(32)14-17/h1-10,14-15,20,29-33H,11-13H2,(H,27,35)(H,28,34)/b10-5+/t20-/m0/s1. The highest BCUT2D eigenvalue weighted by atomic mass is 16.3. The summed E-state index contributed by atoms with van der Waals surface area (Å²) in [5.41, 5.74) is 1.91. The molecule has 0 fully saturated rings. The van der Waals surface area contributed by atoms with Crippen molar-refractivity contribution in [2.24, 2.45) is 0 Å². The van der Waals surface area contributed by atoms with Crippen LogP contribution in [0.3, 0.4) is 0 Å². The van der Waals surface area contributed by atoms with E-state index in [1.165, 1.54) is 54.6 Å². The molecule has 0 aliphatic rings. The molecule has 0 aromatic heterocycles. The zero-order valence-corrected chi connectivity index (χ0v) is 18.7. The molecule has 1 atom stereocenters. The van der Waals surface area contributed by atoms with Crippen molar-refractivity contribution in [3.8, 4) is 28.7 Å². The van der Waals surface area contributed by atoms with E-state index < -0.39 is 17.9 Å². The van der Waals surface area contributed by atoms with E-state index in [4.69, 9.17) is 0 Å². The van der Waals surface area contributed by atoms with Crippen LogP contribution in [0, 0.1) is 0 Å². The van der Waals surface area contributed by atoms with Crippen molar-refractivity contribution in [2.45, 2.75) is 18.9 Å². The lowest BCUT2D eigenvalue weighted by atomic mass is 10.0. The lowest BCUT2D eigenvalue weighted by Crippen LogP contribution is -2.48. The molecule has 0 heterocycles. The van der Waals surface area contributed by atoms with Gasteiger partial charge in [0.1, 0.15) is 11.8 Å². The zero-order valence-electron chi connectivity index (χ0n) is 18.7. The molecule has 0 aliphatic carbocycles. The Kier molecular flexibility index (Phi) is 8.18. The van der Waals surface area contributed by atoms with E-state index >= 15 is 0 Å². The van der Waals surface area contributed by atoms with Gasteiger partial charge in [0.05, 0.1) is 0 Å². The number of aromatic hydroxyl groups is 5. The number of carbonyl (C=O) groups is 2. The number of benzene rings is 3. The fraction of sp³-hybridized carbons (Fsp3) is 0.154. The normalized spacial score (nSPS) is 11.8. The lowest BCUT2D eigenvalue weighted by Gasteiger charge is -2.18. The molecule has 9 nitrogen and oxygen atoms in total. The van der Waals surface area contributed by atoms with Gasteiger partial charge in [-0.25, -0.2) is 0 Å². The Morgan fingerprint density at radius 3 is 2.06 bits per heavy atom. The SMILES string of the molecule is O=C(/C=C/c1ccc(O)c(O)c1)N[C@@H](Cc1ccc(O)cc1)C(=O)NCCc1ccc(O)c(O)c1. The summed E-state index contributed by atoms with van der Waals surface area (Å²) < 4.78 is 0. The summed E-state index contributed by atoms with van der Waals surface area (Å²) >= 11 is 0. The minimum absolute atomic E-state index is 0.0796. The highest BCUT2D eigenvalue weighted by Crippen LogP contribution is 2.26. The third-order valence-electron chi connectivity index (χ3n) is 5.19. The largest absolute Gasteiger partial charge is 0.508 e. The van der Waals surface area contributed by atoms with Crippen LogP contribution in [-0.4, -0.2) is 49.9 Å². The van der Waals surface area contributed by atoms with E-state index in [2.05, 4.69) is 10.6 Å². The van der Waals surface area contributed by atoms with Gasteiger partial charge < -0.3 is 36.2 Å². The van der Waals surface area contributed by atoms with Crippen LogP contribution in [0.25, 0.3) is 6.08 Å². The molecule has 7 N–H and O–H groups in total. The molecule has 3 aromatic rings. The summed E-state index contributed by atoms with van der Waals surface area (Å²) in [6.07, 6.45) is 3.21. The van der Waals surface area contributed by atoms with Crippen LogP contribution >= 0.6 is 0 Å². The molecule has 0 bridgehead atoms. The maximum atomic E-state index is 12.9. The lowest BCUT2D eigenvalue weighted by molar-refractivity contribution is -0.127. The summed E-state index contributed by atoms with van der Waals surface area (Å²) in [5, 5.41) is 52.9. The maximum Gasteiger partial charge on any atom is 0.244 e. The topological polar surface area (TPSA) is 159 Å². The van der Waals surface area contributed by atoms with E-state index in [0.29, 0.717) is 17.5 Å². The fourth-order valence-electron chi connectivity index (χ4n) is 3.29. The number of nitrogens with one attached hydrogen (secondary N) is 2. The minimum Gasteiger partial charge on any atom is -0.508 e. The number of amides is 2. The van der Waals surface area contributed by atoms with E-state index in [1.54, 1.807) is 18.2 Å². The second kappa shape index (κ2) is 11.5. The van der Waals surface area contributed by atoms with Crippen LogP contribution in [0.4, 0.5) is 0 Å². The van der Waals surface area contributed by atoms with Gasteiger partial charge >= 0.3 is 0 Å². The van der Waals surface area contributed by atoms with Crippen LogP contribution in [0.5, 0.6) is 28.7 Å². The molecule has 2 amide bonds. The smallest absolute Gasteiger partial charge is 0.244 e. The number of hydrogen-bond acceptors (Lipinski definition) is 7. The Labute approximate surface area is 201 Å². The van der Waals surface area contributed by atoms with Crippen LogP contribution in [0.2, 0.25) is 0 Å². The first kappa shape index (κ1) is 25.0. The second-order valence-electron chi connectivity index (χ2n) is 7.88. The maximum absolute atomic E-state index is 12.9. The van der Waals surface area contributed by atoms with Gasteiger partial charge in [0, 0.05) is 19.0 Å². The highest BCUT2D eigenvalue weighted by molar-refractivity contribution is 5.95. The van der Waals surface area contributed by atoms with E-state index in [-0.39, 0.29) is 41.7 Å². The molecule has 3 rings (SSSR count). The molecule has 182 valence electrons. The van der Waals surface area contributed by atoms with Gasteiger partial charge in [-0.15, -0.1) is 0 Å². The van der Waals surface area contributed by atoms with Crippen molar-refractivity contribution in [1.29, 1.82) is 0 Å². The van der Waals surface area contributed by atoms with E-state index in [9.17, 15) is 35.1 Å². The van der Waals surface area contributed by atoms with Crippen molar-refractivity contribution < 1.29 is 35.1 Å². The first-order chi connectivity index (χ1) is 16.7. The van der Waals surface area contributed by atoms with E-state index in [1.807, 2.05) is 0 Å². The number of phenolic OH excluding ortho intramolecular Hbond substituents is 5. The van der Waals surface area contributed by atoms with Gasteiger partial charge in [0.2, 0.25) is 11.8 Å². The van der Waals surface area contributed by atoms with Crippen LogP contribution in [0.15, 0.2) is 66.7 Å². The average Bonchev–Trinajstić information content (AvgIpc) is 2.83. The Balaban J connectivity index is 1.65. The summed E-state index contributed by atoms with van der Waals surface area (Å²) in [7, 11) is 0. The minimum atomic E-state index is -0.918. The number of phenols is 5. The van der Waals surface area contributed by atoms with Crippen LogP contribution in [-0.2, 0) is 22.4 Å². The van der Waals surface area contributed by atoms with Gasteiger partial charge in [0.15, 0.2) is 23.0 Å². The molecule has 0 radical (unpaired) electrons. The van der Waals surface area contributed by atoms with Crippen molar-refractivity contribution in [1.82, 2.24) is 10.6 Å². The molecule has 3 aromatic carbocycles. The van der Waals surface area contributed by atoms with Crippen molar-refractivity contribution in [3.63, 3.8) is 0 Å². The Morgan fingerprint density at radius 1 is 0.771 bits per heavy atom. The van der Waals surface area contributed by atoms with Crippen molar-refractivity contribution >= 4 is 17.9 Å². The van der Waals surface area contributed by atoms with Crippen LogP contribution in [0.1, 0.15) is 16.7 Å². The predicted octanol–water partition coefficient (Wildman–Crippen LogP) is 2.31. The molecule has 35 heavy (non-hydrogen) atoms. The second-order valence-corrected chi connectivity index (χ2v) is 7.88. The number of carbonyl (C=O) groups excluding carboxylic acids is 2. The molecule has 0 spiro atoms. The van der Waals surface area contributed by atoms with Gasteiger partial charge in [0.25, 0.3) is 0 Å². The van der Waals surface area contributed by atoms with E-state index in [0.717, 1.165) is 5.56 Å². The molecular weight excluding hydrogens is 452 g/mol. The third kappa shape index (κ3) is 7.43. The summed E-state index contributed by atoms with van der Waals surface area (Å²) in [4.78, 5) is 25.4. The van der Waals surface area contributed by atoms with Gasteiger partial charge in [-0.1, -0.05) is 24.3 Å². The van der Waals surface area contributed by atoms with Crippen molar-refractivity contribution in [3.05, 3.63) is 83.4 Å². The summed E-state index contributed by atoms with van der Waals surface area (Å²) in [6.45, 7) is 0.230. The number of hydrogen-bond donors (Lipinski definition) is 7. The van der Waals surface area contributed by atoms with Crippen LogP contribution < -0.4 is 10.6 Å². The molecule has 0 unspecified atom stereocenters. The molecule has 0 saturated heterocycles. The average molecular weight is 479 g/mol. The summed E-state index contributed by atoms with van der Waals surface area (Å²) in [6, 6.07) is 13.8. The van der Waals surface area contributed by atoms with Crippen molar-refractivity contribution in [2.75, 3.05) is 6.54 Å². The molecule has 9 heteroatoms. The molecular formula is C26H26N2O7. The highest BCUT2D eigenvalue weighted by Gasteiger charge is 2.20. The van der Waals surface area contributed by atoms with Gasteiger partial charge in [-0.3, -0.25) is 9.59 Å². The zero-order chi connectivity index (χ0) is 25.4. The third-order valence-corrected chi connectivity index (χ3v) is 5.19. The van der Waals surface area contributed by atoms with Gasteiger partial charge in [-0.05, 0) is 65.6 Å². The fourth-order valence-corrected chi connectivity index (χ4v) is 3.29. The Bertz CT molecular complexity index is 1220. The van der Waals surface area contributed by atoms with Gasteiger partial charge in [-0.2, -0.15) is 0 Å². The molecule has 0 saturated carbocycles. The predicted molar refractivity (Wildman–Crippen MR) is 129 cm³/mol. The first-order valence-electron chi connectivity index (χ1n) is 10.8. The monoisotopic (exact) mass is 478 g/mol. The molecule has 0 aliphatic heterocycles. The summed E-state index contributed by atoms with van der Waals surface area (Å²) in [5.74, 6) is -1.97. The number of rotatable bonds is 9. The Morgan fingerprint density at radius 2 is 1.40 bits per heavy atom. The quantitative estimate of drug-likeness (QED) is 0.184.